The molecular weight excluding hydrogens is 310 g/mol. The van der Waals surface area contributed by atoms with Crippen LogP contribution in [0.3, 0.4) is 0 Å². The molecule has 7 heteroatoms. The van der Waals surface area contributed by atoms with Gasteiger partial charge in [-0.3, -0.25) is 4.79 Å². The van der Waals surface area contributed by atoms with Crippen molar-refractivity contribution in [2.24, 2.45) is 5.41 Å². The van der Waals surface area contributed by atoms with Crippen molar-refractivity contribution in [3.8, 4) is 0 Å². The van der Waals surface area contributed by atoms with E-state index in [1.165, 1.54) is 0 Å². The molecule has 0 aliphatic carbocycles. The number of nitrogens with zero attached hydrogens (tertiary/aromatic N) is 1. The molecule has 1 heterocycles. The predicted octanol–water partition coefficient (Wildman–Crippen LogP) is 1.37. The molecule has 7 nitrogen and oxygen atoms in total. The van der Waals surface area contributed by atoms with Gasteiger partial charge < -0.3 is 25.0 Å². The molecule has 0 bridgehead atoms. The standard InChI is InChI=1S/C17H33N3O4/c1-7-23-14(21)17(5,6)12-18-10-13-11-20(9-8-19-13)15(22)24-16(2,3)4/h13,18-19H,7-12H2,1-6H3/t13-/m1/s1. The number of amides is 1. The number of piperazine rings is 1. The van der Waals surface area contributed by atoms with Crippen molar-refractivity contribution in [3.63, 3.8) is 0 Å². The van der Waals surface area contributed by atoms with E-state index in [0.29, 0.717) is 32.8 Å². The molecule has 0 aromatic carbocycles. The molecule has 0 aromatic heterocycles. The zero-order chi connectivity index (χ0) is 18.4. The number of hydrogen-bond donors (Lipinski definition) is 2. The van der Waals surface area contributed by atoms with E-state index in [1.54, 1.807) is 11.8 Å². The Morgan fingerprint density at radius 1 is 1.25 bits per heavy atom. The summed E-state index contributed by atoms with van der Waals surface area (Å²) >= 11 is 0. The third-order valence-electron chi connectivity index (χ3n) is 3.69. The van der Waals surface area contributed by atoms with Gasteiger partial charge in [0.2, 0.25) is 0 Å². The van der Waals surface area contributed by atoms with Gasteiger partial charge in [-0.05, 0) is 41.5 Å². The van der Waals surface area contributed by atoms with Crippen LogP contribution >= 0.6 is 0 Å². The van der Waals surface area contributed by atoms with Gasteiger partial charge in [-0.15, -0.1) is 0 Å². The summed E-state index contributed by atoms with van der Waals surface area (Å²) in [6.45, 7) is 14.7. The quantitative estimate of drug-likeness (QED) is 0.709. The van der Waals surface area contributed by atoms with Gasteiger partial charge in [-0.2, -0.15) is 0 Å². The lowest BCUT2D eigenvalue weighted by atomic mass is 9.93. The SMILES string of the molecule is CCOC(=O)C(C)(C)CNC[C@@H]1CN(C(=O)OC(C)(C)C)CCN1. The van der Waals surface area contributed by atoms with Crippen molar-refractivity contribution in [2.75, 3.05) is 39.3 Å². The molecule has 24 heavy (non-hydrogen) atoms. The summed E-state index contributed by atoms with van der Waals surface area (Å²) in [6, 6.07) is 0.129. The summed E-state index contributed by atoms with van der Waals surface area (Å²) in [5, 5.41) is 6.68. The van der Waals surface area contributed by atoms with Gasteiger partial charge in [-0.25, -0.2) is 4.79 Å². The molecule has 1 rings (SSSR count). The van der Waals surface area contributed by atoms with Gasteiger partial charge in [0.15, 0.2) is 0 Å². The number of esters is 1. The Balaban J connectivity index is 2.41. The molecule has 1 aliphatic rings. The highest BCUT2D eigenvalue weighted by Gasteiger charge is 2.30. The first-order chi connectivity index (χ1) is 11.0. The van der Waals surface area contributed by atoms with Gasteiger partial charge in [-0.1, -0.05) is 0 Å². The minimum atomic E-state index is -0.574. The Labute approximate surface area is 145 Å². The second-order valence-corrected chi connectivity index (χ2v) is 7.81. The molecule has 1 saturated heterocycles. The van der Waals surface area contributed by atoms with Crippen LogP contribution in [0.4, 0.5) is 4.79 Å². The molecule has 0 radical (unpaired) electrons. The number of nitrogens with one attached hydrogen (secondary N) is 2. The van der Waals surface area contributed by atoms with Crippen LogP contribution in [0.25, 0.3) is 0 Å². The first kappa shape index (κ1) is 20.7. The first-order valence-corrected chi connectivity index (χ1v) is 8.64. The van der Waals surface area contributed by atoms with Crippen molar-refractivity contribution >= 4 is 12.1 Å². The van der Waals surface area contributed by atoms with Crippen molar-refractivity contribution in [2.45, 2.75) is 53.2 Å². The van der Waals surface area contributed by atoms with Crippen LogP contribution in [-0.4, -0.2) is 67.9 Å². The van der Waals surface area contributed by atoms with Gasteiger partial charge in [0, 0.05) is 38.8 Å². The Morgan fingerprint density at radius 2 is 1.92 bits per heavy atom. The van der Waals surface area contributed by atoms with Crippen LogP contribution in [-0.2, 0) is 14.3 Å². The Morgan fingerprint density at radius 3 is 2.50 bits per heavy atom. The third-order valence-corrected chi connectivity index (χ3v) is 3.69. The molecular formula is C17H33N3O4. The average Bonchev–Trinajstić information content (AvgIpc) is 2.46. The summed E-state index contributed by atoms with van der Waals surface area (Å²) in [7, 11) is 0. The Bertz CT molecular complexity index is 432. The fraction of sp³-hybridized carbons (Fsp3) is 0.882. The van der Waals surface area contributed by atoms with E-state index >= 15 is 0 Å². The average molecular weight is 343 g/mol. The highest BCUT2D eigenvalue weighted by Crippen LogP contribution is 2.16. The Kier molecular flexibility index (Phi) is 7.48. The maximum atomic E-state index is 12.1. The normalized spacial score (nSPS) is 19.1. The highest BCUT2D eigenvalue weighted by atomic mass is 16.6. The van der Waals surface area contributed by atoms with E-state index in [0.717, 1.165) is 6.54 Å². The fourth-order valence-electron chi connectivity index (χ4n) is 2.41. The van der Waals surface area contributed by atoms with Crippen LogP contribution in [0.2, 0.25) is 0 Å². The first-order valence-electron chi connectivity index (χ1n) is 8.64. The summed E-state index contributed by atoms with van der Waals surface area (Å²) in [6.07, 6.45) is -0.277. The molecule has 2 N–H and O–H groups in total. The lowest BCUT2D eigenvalue weighted by Gasteiger charge is -2.35. The van der Waals surface area contributed by atoms with Crippen LogP contribution in [0, 0.1) is 5.41 Å². The monoisotopic (exact) mass is 343 g/mol. The van der Waals surface area contributed by atoms with Crippen molar-refractivity contribution in [3.05, 3.63) is 0 Å². The van der Waals surface area contributed by atoms with Gasteiger partial charge in [0.25, 0.3) is 0 Å². The van der Waals surface area contributed by atoms with Crippen LogP contribution in [0.1, 0.15) is 41.5 Å². The number of hydrogen-bond acceptors (Lipinski definition) is 6. The molecule has 0 aromatic rings. The van der Waals surface area contributed by atoms with E-state index in [2.05, 4.69) is 10.6 Å². The molecule has 0 unspecified atom stereocenters. The van der Waals surface area contributed by atoms with Crippen molar-refractivity contribution in [1.82, 2.24) is 15.5 Å². The van der Waals surface area contributed by atoms with Crippen LogP contribution in [0.15, 0.2) is 0 Å². The molecule has 0 saturated carbocycles. The molecule has 1 amide bonds. The number of ether oxygens (including phenoxy) is 2. The lowest BCUT2D eigenvalue weighted by molar-refractivity contribution is -0.153. The highest BCUT2D eigenvalue weighted by molar-refractivity contribution is 5.76. The smallest absolute Gasteiger partial charge is 0.410 e. The predicted molar refractivity (Wildman–Crippen MR) is 92.9 cm³/mol. The summed E-state index contributed by atoms with van der Waals surface area (Å²) < 4.78 is 10.5. The molecule has 0 spiro atoms. The van der Waals surface area contributed by atoms with E-state index in [-0.39, 0.29) is 18.1 Å². The lowest BCUT2D eigenvalue weighted by Crippen LogP contribution is -2.57. The fourth-order valence-corrected chi connectivity index (χ4v) is 2.41. The summed E-state index contributed by atoms with van der Waals surface area (Å²) in [5.74, 6) is -0.204. The number of carbonyl (C=O) groups excluding carboxylic acids is 2. The molecule has 1 atom stereocenters. The number of carbonyl (C=O) groups is 2. The van der Waals surface area contributed by atoms with Gasteiger partial charge in [0.1, 0.15) is 5.60 Å². The second kappa shape index (κ2) is 8.67. The largest absolute Gasteiger partial charge is 0.466 e. The minimum Gasteiger partial charge on any atom is -0.466 e. The Hall–Kier alpha value is -1.34. The zero-order valence-corrected chi connectivity index (χ0v) is 15.9. The second-order valence-electron chi connectivity index (χ2n) is 7.81. The van der Waals surface area contributed by atoms with Gasteiger partial charge in [0.05, 0.1) is 12.0 Å². The maximum absolute atomic E-state index is 12.1. The van der Waals surface area contributed by atoms with Gasteiger partial charge >= 0.3 is 12.1 Å². The van der Waals surface area contributed by atoms with E-state index < -0.39 is 11.0 Å². The van der Waals surface area contributed by atoms with E-state index in [4.69, 9.17) is 9.47 Å². The topological polar surface area (TPSA) is 79.9 Å². The van der Waals surface area contributed by atoms with Crippen LogP contribution in [0.5, 0.6) is 0 Å². The third kappa shape index (κ3) is 7.05. The van der Waals surface area contributed by atoms with Crippen LogP contribution < -0.4 is 10.6 Å². The minimum absolute atomic E-state index is 0.129. The summed E-state index contributed by atoms with van der Waals surface area (Å²) in [5.41, 5.74) is -1.06. The zero-order valence-electron chi connectivity index (χ0n) is 15.9. The van der Waals surface area contributed by atoms with E-state index in [1.807, 2.05) is 34.6 Å². The number of rotatable bonds is 6. The van der Waals surface area contributed by atoms with E-state index in [9.17, 15) is 9.59 Å². The summed E-state index contributed by atoms with van der Waals surface area (Å²) in [4.78, 5) is 25.7. The molecule has 1 fully saturated rings. The molecule has 140 valence electrons. The van der Waals surface area contributed by atoms with Crippen molar-refractivity contribution in [1.29, 1.82) is 0 Å². The maximum Gasteiger partial charge on any atom is 0.410 e. The molecule has 1 aliphatic heterocycles. The van der Waals surface area contributed by atoms with Crippen molar-refractivity contribution < 1.29 is 19.1 Å².